The lowest BCUT2D eigenvalue weighted by molar-refractivity contribution is -0.315. The van der Waals surface area contributed by atoms with Gasteiger partial charge in [0.05, 0.1) is 17.8 Å². The van der Waals surface area contributed by atoms with Crippen LogP contribution in [0, 0.1) is 40.4 Å². The maximum atomic E-state index is 12.5. The molecule has 39 heavy (non-hydrogen) atoms. The number of carbonyl (C=O) groups excluding carboxylic acids is 1. The van der Waals surface area contributed by atoms with Gasteiger partial charge >= 0.3 is 5.97 Å². The van der Waals surface area contributed by atoms with Crippen LogP contribution in [-0.2, 0) is 23.7 Å². The zero-order valence-electron chi connectivity index (χ0n) is 24.2. The lowest BCUT2D eigenvalue weighted by Crippen LogP contribution is -2.64. The highest BCUT2D eigenvalue weighted by molar-refractivity contribution is 5.85. The van der Waals surface area contributed by atoms with E-state index < -0.39 is 36.3 Å². The van der Waals surface area contributed by atoms with Gasteiger partial charge in [0.25, 0.3) is 0 Å². The quantitative estimate of drug-likeness (QED) is 0.362. The molecule has 0 bridgehead atoms. The Kier molecular flexibility index (Phi) is 7.04. The summed E-state index contributed by atoms with van der Waals surface area (Å²) in [5.74, 6) is 1.54. The fraction of sp³-hybridized carbons (Fsp3) is 0.903. The van der Waals surface area contributed by atoms with Gasteiger partial charge in [0.2, 0.25) is 0 Å². The number of carbonyl (C=O) groups is 1. The highest BCUT2D eigenvalue weighted by Crippen LogP contribution is 2.70. The van der Waals surface area contributed by atoms with E-state index in [9.17, 15) is 20.1 Å². The molecule has 4 saturated carbocycles. The Labute approximate surface area is 232 Å². The molecule has 2 aliphatic heterocycles. The summed E-state index contributed by atoms with van der Waals surface area (Å²) in [4.78, 5) is 11.8. The topological polar surface area (TPSA) is 115 Å². The molecule has 0 aromatic heterocycles. The smallest absolute Gasteiger partial charge is 0.331 e. The van der Waals surface area contributed by atoms with Crippen LogP contribution in [0.5, 0.6) is 0 Å². The van der Waals surface area contributed by atoms with E-state index in [0.29, 0.717) is 24.4 Å². The molecule has 0 amide bonds. The molecule has 0 aromatic carbocycles. The van der Waals surface area contributed by atoms with Crippen LogP contribution in [0.3, 0.4) is 0 Å². The van der Waals surface area contributed by atoms with Gasteiger partial charge in [0.1, 0.15) is 24.9 Å². The van der Waals surface area contributed by atoms with E-state index in [4.69, 9.17) is 18.9 Å². The predicted octanol–water partition coefficient (Wildman–Crippen LogP) is 3.36. The van der Waals surface area contributed by atoms with E-state index >= 15 is 0 Å². The van der Waals surface area contributed by atoms with Crippen molar-refractivity contribution >= 4 is 5.97 Å². The second-order valence-electron chi connectivity index (χ2n) is 14.2. The normalized spacial score (nSPS) is 55.3. The van der Waals surface area contributed by atoms with E-state index in [2.05, 4.69) is 20.8 Å². The van der Waals surface area contributed by atoms with Crippen molar-refractivity contribution < 1.29 is 39.1 Å². The molecule has 6 aliphatic rings. The average Bonchev–Trinajstić information content (AvgIpc) is 3.43. The summed E-state index contributed by atoms with van der Waals surface area (Å²) in [6.45, 7) is 9.24. The second kappa shape index (κ2) is 9.77. The van der Waals surface area contributed by atoms with Crippen molar-refractivity contribution in [2.75, 3.05) is 13.7 Å². The molecule has 220 valence electrons. The third kappa shape index (κ3) is 4.03. The molecule has 0 spiro atoms. The van der Waals surface area contributed by atoms with Crippen molar-refractivity contribution in [3.05, 3.63) is 11.6 Å². The van der Waals surface area contributed by atoms with Gasteiger partial charge < -0.3 is 34.3 Å². The summed E-state index contributed by atoms with van der Waals surface area (Å²) in [5.41, 5.74) is 0.232. The molecule has 3 N–H and O–H groups in total. The van der Waals surface area contributed by atoms with Crippen LogP contribution in [0.15, 0.2) is 11.6 Å². The Morgan fingerprint density at radius 2 is 1.77 bits per heavy atom. The minimum Gasteiger partial charge on any atom is -0.458 e. The number of rotatable bonds is 4. The fourth-order valence-electron chi connectivity index (χ4n) is 10.5. The summed E-state index contributed by atoms with van der Waals surface area (Å²) in [6.07, 6.45) is 5.29. The van der Waals surface area contributed by atoms with Crippen LogP contribution in [0.2, 0.25) is 0 Å². The van der Waals surface area contributed by atoms with Crippen molar-refractivity contribution in [3.63, 3.8) is 0 Å². The fourth-order valence-corrected chi connectivity index (χ4v) is 10.5. The Morgan fingerprint density at radius 3 is 2.46 bits per heavy atom. The number of methoxy groups -OCH3 is 1. The third-order valence-corrected chi connectivity index (χ3v) is 12.9. The van der Waals surface area contributed by atoms with Gasteiger partial charge in [-0.2, -0.15) is 0 Å². The van der Waals surface area contributed by atoms with Gasteiger partial charge in [0, 0.05) is 18.6 Å². The minimum absolute atomic E-state index is 0.0335. The van der Waals surface area contributed by atoms with E-state index in [1.165, 1.54) is 7.11 Å². The first kappa shape index (κ1) is 28.1. The Hall–Kier alpha value is -1.03. The summed E-state index contributed by atoms with van der Waals surface area (Å²) in [7, 11) is 1.49. The SMILES string of the molecule is CO[C@H]1[C@H](O)[C@H](O[C@@H]2C[C@H]3CC[C@@H]4[C@H](CC[C@]5(C)[C@@H](C6=CC(=O)OC6)CC[C@]45O)[C@@]3(C)[C@H](C)C2)O[C@@H](C)[C@@H]1O. The number of fused-ring (bicyclic) bond motifs is 5. The third-order valence-electron chi connectivity index (χ3n) is 12.9. The van der Waals surface area contributed by atoms with Crippen molar-refractivity contribution in [3.8, 4) is 0 Å². The Morgan fingerprint density at radius 1 is 1.00 bits per heavy atom. The first-order valence-corrected chi connectivity index (χ1v) is 15.2. The van der Waals surface area contributed by atoms with Crippen LogP contribution < -0.4 is 0 Å². The standard InChI is InChI=1S/C31H48O8/c1-16-12-20(39-28-26(34)27(36-5)25(33)17(2)38-28)14-19-6-7-23-22(30(16,19)4)8-10-29(3)21(9-11-31(23,29)35)18-13-24(32)37-15-18/h13,16-17,19-23,25-28,33-35H,6-12,14-15H2,1-5H3/t16-,17+,19-,20+,21-,22+,23-,25+,26+,27-,28+,29-,30+,31+/m1/s1. The van der Waals surface area contributed by atoms with Gasteiger partial charge in [-0.15, -0.1) is 0 Å². The molecule has 8 nitrogen and oxygen atoms in total. The zero-order valence-corrected chi connectivity index (χ0v) is 24.2. The van der Waals surface area contributed by atoms with Crippen LogP contribution in [-0.4, -0.2) is 77.4 Å². The van der Waals surface area contributed by atoms with Crippen LogP contribution >= 0.6 is 0 Å². The van der Waals surface area contributed by atoms with Crippen molar-refractivity contribution in [2.45, 2.75) is 121 Å². The minimum atomic E-state index is -1.04. The monoisotopic (exact) mass is 548 g/mol. The van der Waals surface area contributed by atoms with Crippen LogP contribution in [0.1, 0.15) is 79.1 Å². The number of aliphatic hydroxyl groups excluding tert-OH is 2. The Balaban J connectivity index is 1.19. The lowest BCUT2D eigenvalue weighted by Gasteiger charge is -2.65. The molecule has 0 radical (unpaired) electrons. The highest BCUT2D eigenvalue weighted by Gasteiger charge is 2.68. The van der Waals surface area contributed by atoms with Crippen LogP contribution in [0.25, 0.3) is 0 Å². The number of esters is 1. The van der Waals surface area contributed by atoms with Crippen molar-refractivity contribution in [2.24, 2.45) is 40.4 Å². The van der Waals surface area contributed by atoms with Gasteiger partial charge in [0.15, 0.2) is 6.29 Å². The maximum Gasteiger partial charge on any atom is 0.331 e. The van der Waals surface area contributed by atoms with Crippen molar-refractivity contribution in [1.29, 1.82) is 0 Å². The van der Waals surface area contributed by atoms with Crippen molar-refractivity contribution in [1.82, 2.24) is 0 Å². The molecule has 0 aromatic rings. The number of aliphatic hydroxyl groups is 3. The summed E-state index contributed by atoms with van der Waals surface area (Å²) in [5, 5.41) is 33.7. The van der Waals surface area contributed by atoms with Gasteiger partial charge in [-0.3, -0.25) is 0 Å². The summed E-state index contributed by atoms with van der Waals surface area (Å²) >= 11 is 0. The highest BCUT2D eigenvalue weighted by atomic mass is 16.7. The summed E-state index contributed by atoms with van der Waals surface area (Å²) < 4.78 is 23.0. The molecule has 2 heterocycles. The van der Waals surface area contributed by atoms with E-state index in [1.807, 2.05) is 0 Å². The number of cyclic esters (lactones) is 1. The van der Waals surface area contributed by atoms with Gasteiger partial charge in [-0.1, -0.05) is 20.8 Å². The molecule has 8 heteroatoms. The Bertz CT molecular complexity index is 999. The molecule has 4 aliphatic carbocycles. The molecule has 1 saturated heterocycles. The number of ether oxygens (including phenoxy) is 4. The molecular formula is C31H48O8. The average molecular weight is 549 g/mol. The molecular weight excluding hydrogens is 500 g/mol. The van der Waals surface area contributed by atoms with Gasteiger partial charge in [-0.05, 0) is 98.9 Å². The predicted molar refractivity (Wildman–Crippen MR) is 142 cm³/mol. The first-order valence-electron chi connectivity index (χ1n) is 15.2. The van der Waals surface area contributed by atoms with E-state index in [-0.39, 0.29) is 34.7 Å². The maximum absolute atomic E-state index is 12.5. The van der Waals surface area contributed by atoms with Crippen LogP contribution in [0.4, 0.5) is 0 Å². The lowest BCUT2D eigenvalue weighted by atomic mass is 9.41. The van der Waals surface area contributed by atoms with E-state index in [0.717, 1.165) is 56.9 Å². The molecule has 5 fully saturated rings. The first-order chi connectivity index (χ1) is 18.4. The second-order valence-corrected chi connectivity index (χ2v) is 14.2. The molecule has 14 atom stereocenters. The number of hydrogen-bond acceptors (Lipinski definition) is 8. The molecule has 6 rings (SSSR count). The van der Waals surface area contributed by atoms with Gasteiger partial charge in [-0.25, -0.2) is 4.79 Å². The van der Waals surface area contributed by atoms with E-state index in [1.54, 1.807) is 13.0 Å². The number of hydrogen-bond donors (Lipinski definition) is 3. The summed E-state index contributed by atoms with van der Waals surface area (Å²) in [6, 6.07) is 0. The molecule has 0 unspecified atom stereocenters. The largest absolute Gasteiger partial charge is 0.458 e. The zero-order chi connectivity index (χ0) is 27.9.